The van der Waals surface area contributed by atoms with Crippen LogP contribution in [0.5, 0.6) is 5.75 Å². The molecule has 0 bridgehead atoms. The van der Waals surface area contributed by atoms with E-state index in [1.807, 2.05) is 42.8 Å². The number of aromatic amines is 1. The third-order valence-electron chi connectivity index (χ3n) is 4.15. The number of thiophene rings is 1. The highest BCUT2D eigenvalue weighted by molar-refractivity contribution is 7.10. The number of amides is 1. The first kappa shape index (κ1) is 14.0. The van der Waals surface area contributed by atoms with Gasteiger partial charge >= 0.3 is 0 Å². The Balaban J connectivity index is 1.89. The third kappa shape index (κ3) is 2.06. The highest BCUT2D eigenvalue weighted by Gasteiger charge is 2.40. The Bertz CT molecular complexity index is 870. The molecule has 1 unspecified atom stereocenters. The lowest BCUT2D eigenvalue weighted by atomic mass is 10.0. The summed E-state index contributed by atoms with van der Waals surface area (Å²) in [5.41, 5.74) is 3.25. The van der Waals surface area contributed by atoms with Crippen molar-refractivity contribution in [3.8, 4) is 17.0 Å². The van der Waals surface area contributed by atoms with Crippen LogP contribution in [-0.4, -0.2) is 35.2 Å². The van der Waals surface area contributed by atoms with E-state index in [2.05, 4.69) is 16.3 Å². The van der Waals surface area contributed by atoms with Gasteiger partial charge in [-0.2, -0.15) is 5.10 Å². The summed E-state index contributed by atoms with van der Waals surface area (Å²) >= 11 is 1.64. The number of ether oxygens (including phenoxy) is 1. The fourth-order valence-corrected chi connectivity index (χ4v) is 3.91. The maximum absolute atomic E-state index is 12.5. The molecule has 1 N–H and O–H groups in total. The van der Waals surface area contributed by atoms with Gasteiger partial charge in [0.1, 0.15) is 11.4 Å². The standard InChI is InChI=1S/C17H15N3O2S/c1-20-16(12-7-4-8-23-12)13-14(18-19-15(13)17(20)21)10-5-3-6-11(9-10)22-2/h3-9,16H,1-2H3,(H,18,19). The smallest absolute Gasteiger partial charge is 0.272 e. The summed E-state index contributed by atoms with van der Waals surface area (Å²) in [5.74, 6) is 0.740. The number of hydrogen-bond acceptors (Lipinski definition) is 4. The Morgan fingerprint density at radius 2 is 2.17 bits per heavy atom. The minimum Gasteiger partial charge on any atom is -0.497 e. The number of hydrogen-bond donors (Lipinski definition) is 1. The van der Waals surface area contributed by atoms with E-state index in [-0.39, 0.29) is 11.9 Å². The number of nitrogens with zero attached hydrogens (tertiary/aromatic N) is 2. The number of fused-ring (bicyclic) bond motifs is 1. The normalized spacial score (nSPS) is 16.7. The van der Waals surface area contributed by atoms with Crippen molar-refractivity contribution in [1.29, 1.82) is 0 Å². The van der Waals surface area contributed by atoms with Gasteiger partial charge in [0.2, 0.25) is 0 Å². The number of methoxy groups -OCH3 is 1. The molecule has 1 aliphatic heterocycles. The van der Waals surface area contributed by atoms with E-state index >= 15 is 0 Å². The average Bonchev–Trinajstić information content (AvgIpc) is 3.28. The average molecular weight is 325 g/mol. The van der Waals surface area contributed by atoms with E-state index in [1.54, 1.807) is 23.3 Å². The Labute approximate surface area is 137 Å². The van der Waals surface area contributed by atoms with Gasteiger partial charge in [-0.05, 0) is 23.6 Å². The number of carbonyl (C=O) groups excluding carboxylic acids is 1. The van der Waals surface area contributed by atoms with E-state index in [9.17, 15) is 4.79 Å². The highest BCUT2D eigenvalue weighted by Crippen LogP contribution is 2.43. The van der Waals surface area contributed by atoms with Crippen LogP contribution in [0, 0.1) is 0 Å². The molecule has 0 radical (unpaired) electrons. The van der Waals surface area contributed by atoms with Gasteiger partial charge in [0.25, 0.3) is 5.91 Å². The predicted molar refractivity (Wildman–Crippen MR) is 88.8 cm³/mol. The maximum atomic E-state index is 12.5. The molecule has 1 amide bonds. The van der Waals surface area contributed by atoms with Crippen molar-refractivity contribution >= 4 is 17.2 Å². The van der Waals surface area contributed by atoms with Crippen molar-refractivity contribution in [2.45, 2.75) is 6.04 Å². The molecular weight excluding hydrogens is 310 g/mol. The van der Waals surface area contributed by atoms with Gasteiger partial charge in [0.05, 0.1) is 18.8 Å². The van der Waals surface area contributed by atoms with E-state index in [1.165, 1.54) is 0 Å². The molecule has 116 valence electrons. The monoisotopic (exact) mass is 325 g/mol. The molecule has 6 heteroatoms. The lowest BCUT2D eigenvalue weighted by molar-refractivity contribution is 0.0789. The van der Waals surface area contributed by atoms with Crippen molar-refractivity contribution in [2.24, 2.45) is 0 Å². The summed E-state index contributed by atoms with van der Waals surface area (Å²) < 4.78 is 5.30. The number of carbonyl (C=O) groups is 1. The number of aromatic nitrogens is 2. The van der Waals surface area contributed by atoms with Gasteiger partial charge in [-0.3, -0.25) is 9.89 Å². The number of benzene rings is 1. The molecule has 3 aromatic rings. The molecule has 3 heterocycles. The SMILES string of the molecule is COc1cccc(-c2n[nH]c3c2C(c2cccs2)N(C)C3=O)c1. The largest absolute Gasteiger partial charge is 0.497 e. The molecule has 0 saturated heterocycles. The van der Waals surface area contributed by atoms with Gasteiger partial charge in [-0.1, -0.05) is 18.2 Å². The molecule has 1 aliphatic rings. The Morgan fingerprint density at radius 3 is 2.91 bits per heavy atom. The molecule has 4 rings (SSSR count). The number of nitrogens with one attached hydrogen (secondary N) is 1. The molecule has 1 atom stereocenters. The number of H-pyrrole nitrogens is 1. The van der Waals surface area contributed by atoms with Crippen LogP contribution in [0.15, 0.2) is 41.8 Å². The van der Waals surface area contributed by atoms with Crippen LogP contribution in [0.25, 0.3) is 11.3 Å². The number of rotatable bonds is 3. The third-order valence-corrected chi connectivity index (χ3v) is 5.08. The second-order valence-electron chi connectivity index (χ2n) is 5.43. The first-order chi connectivity index (χ1) is 11.2. The topological polar surface area (TPSA) is 58.2 Å². The molecule has 1 aromatic carbocycles. The molecule has 0 saturated carbocycles. The van der Waals surface area contributed by atoms with Gasteiger partial charge in [-0.15, -0.1) is 11.3 Å². The van der Waals surface area contributed by atoms with Crippen LogP contribution in [-0.2, 0) is 0 Å². The summed E-state index contributed by atoms with van der Waals surface area (Å²) in [4.78, 5) is 15.4. The fraction of sp³-hybridized carbons (Fsp3) is 0.176. The molecule has 0 spiro atoms. The Hall–Kier alpha value is -2.60. The van der Waals surface area contributed by atoms with Gasteiger partial charge in [-0.25, -0.2) is 0 Å². The van der Waals surface area contributed by atoms with Gasteiger partial charge in [0.15, 0.2) is 0 Å². The van der Waals surface area contributed by atoms with Crippen molar-refractivity contribution in [3.63, 3.8) is 0 Å². The van der Waals surface area contributed by atoms with Crippen LogP contribution in [0.2, 0.25) is 0 Å². The van der Waals surface area contributed by atoms with Crippen LogP contribution >= 0.6 is 11.3 Å². The molecular formula is C17H15N3O2S. The van der Waals surface area contributed by atoms with E-state index in [0.717, 1.165) is 27.4 Å². The molecule has 23 heavy (non-hydrogen) atoms. The molecule has 0 aliphatic carbocycles. The lowest BCUT2D eigenvalue weighted by Gasteiger charge is -2.20. The second-order valence-corrected chi connectivity index (χ2v) is 6.41. The molecule has 0 fully saturated rings. The minimum absolute atomic E-state index is 0.0277. The van der Waals surface area contributed by atoms with Gasteiger partial charge < -0.3 is 9.64 Å². The highest BCUT2D eigenvalue weighted by atomic mass is 32.1. The first-order valence-corrected chi connectivity index (χ1v) is 8.12. The Kier molecular flexibility index (Phi) is 3.20. The van der Waals surface area contributed by atoms with E-state index in [4.69, 9.17) is 4.74 Å². The zero-order chi connectivity index (χ0) is 16.0. The van der Waals surface area contributed by atoms with Crippen molar-refractivity contribution in [2.75, 3.05) is 14.2 Å². The fourth-order valence-electron chi connectivity index (χ4n) is 3.04. The van der Waals surface area contributed by atoms with Gasteiger partial charge in [0, 0.05) is 23.1 Å². The quantitative estimate of drug-likeness (QED) is 0.803. The summed E-state index contributed by atoms with van der Waals surface area (Å²) in [6.07, 6.45) is 0. The van der Waals surface area contributed by atoms with E-state index in [0.29, 0.717) is 5.69 Å². The maximum Gasteiger partial charge on any atom is 0.272 e. The Morgan fingerprint density at radius 1 is 1.30 bits per heavy atom. The summed E-state index contributed by atoms with van der Waals surface area (Å²) in [7, 11) is 3.47. The molecule has 2 aromatic heterocycles. The van der Waals surface area contributed by atoms with Crippen molar-refractivity contribution < 1.29 is 9.53 Å². The summed E-state index contributed by atoms with van der Waals surface area (Å²) in [6.45, 7) is 0. The first-order valence-electron chi connectivity index (χ1n) is 7.24. The van der Waals surface area contributed by atoms with Crippen LogP contribution in [0.1, 0.15) is 27.0 Å². The predicted octanol–water partition coefficient (Wildman–Crippen LogP) is 3.32. The second kappa shape index (κ2) is 5.24. The van der Waals surface area contributed by atoms with Crippen molar-refractivity contribution in [1.82, 2.24) is 15.1 Å². The summed E-state index contributed by atoms with van der Waals surface area (Å²) in [6, 6.07) is 11.7. The zero-order valence-electron chi connectivity index (χ0n) is 12.7. The van der Waals surface area contributed by atoms with E-state index < -0.39 is 0 Å². The molecule has 5 nitrogen and oxygen atoms in total. The lowest BCUT2D eigenvalue weighted by Crippen LogP contribution is -2.24. The van der Waals surface area contributed by atoms with Crippen LogP contribution in [0.3, 0.4) is 0 Å². The van der Waals surface area contributed by atoms with Crippen LogP contribution in [0.4, 0.5) is 0 Å². The summed E-state index contributed by atoms with van der Waals surface area (Å²) in [5, 5.41) is 9.35. The zero-order valence-corrected chi connectivity index (χ0v) is 13.6. The van der Waals surface area contributed by atoms with Crippen LogP contribution < -0.4 is 4.74 Å². The minimum atomic E-state index is -0.0996. The van der Waals surface area contributed by atoms with Crippen molar-refractivity contribution in [3.05, 3.63) is 57.9 Å².